The predicted octanol–water partition coefficient (Wildman–Crippen LogP) is 2.09. The number of carbonyl (C=O) groups is 2. The van der Waals surface area contributed by atoms with E-state index in [-0.39, 0.29) is 18.4 Å². The lowest BCUT2D eigenvalue weighted by molar-refractivity contribution is -0.137. The lowest BCUT2D eigenvalue weighted by Crippen LogP contribution is -2.45. The minimum absolute atomic E-state index is 0.127. The Labute approximate surface area is 162 Å². The average Bonchev–Trinajstić information content (AvgIpc) is 2.64. The summed E-state index contributed by atoms with van der Waals surface area (Å²) < 4.78 is 38.5. The highest BCUT2D eigenvalue weighted by Crippen LogP contribution is 2.29. The van der Waals surface area contributed by atoms with E-state index in [0.29, 0.717) is 25.1 Å². The Kier molecular flexibility index (Phi) is 7.68. The van der Waals surface area contributed by atoms with Gasteiger partial charge in [-0.15, -0.1) is 0 Å². The number of alkyl halides is 3. The van der Waals surface area contributed by atoms with Gasteiger partial charge in [-0.05, 0) is 43.4 Å². The minimum Gasteiger partial charge on any atom is -0.352 e. The van der Waals surface area contributed by atoms with Crippen molar-refractivity contribution in [3.05, 3.63) is 35.4 Å². The molecule has 2 rings (SSSR count). The normalized spacial score (nSPS) is 17.9. The molecule has 3 amide bonds. The van der Waals surface area contributed by atoms with E-state index in [9.17, 15) is 22.8 Å². The lowest BCUT2D eigenvalue weighted by atomic mass is 9.97. The average molecular weight is 400 g/mol. The summed E-state index contributed by atoms with van der Waals surface area (Å²) in [6.45, 7) is 2.81. The van der Waals surface area contributed by atoms with Crippen LogP contribution in [0.5, 0.6) is 0 Å². The largest absolute Gasteiger partial charge is 0.416 e. The van der Waals surface area contributed by atoms with Gasteiger partial charge in [0.1, 0.15) is 0 Å². The van der Waals surface area contributed by atoms with Gasteiger partial charge in [0.15, 0.2) is 0 Å². The molecule has 6 nitrogen and oxygen atoms in total. The first-order valence-corrected chi connectivity index (χ1v) is 9.31. The van der Waals surface area contributed by atoms with E-state index in [0.717, 1.165) is 32.0 Å². The smallest absolute Gasteiger partial charge is 0.352 e. The Bertz CT molecular complexity index is 681. The number of nitrogens with two attached hydrogens (primary N) is 1. The van der Waals surface area contributed by atoms with Crippen LogP contribution in [0.3, 0.4) is 0 Å². The van der Waals surface area contributed by atoms with Crippen LogP contribution in [-0.4, -0.2) is 61.5 Å². The molecule has 9 heteroatoms. The van der Waals surface area contributed by atoms with E-state index >= 15 is 0 Å². The van der Waals surface area contributed by atoms with Gasteiger partial charge >= 0.3 is 12.2 Å². The molecular formula is C19H27F3N4O2. The van der Waals surface area contributed by atoms with Crippen molar-refractivity contribution in [2.75, 3.05) is 39.8 Å². The highest BCUT2D eigenvalue weighted by molar-refractivity contribution is 5.83. The molecule has 0 bridgehead atoms. The van der Waals surface area contributed by atoms with E-state index in [1.54, 1.807) is 18.0 Å². The number of benzene rings is 1. The molecule has 1 aliphatic rings. The molecule has 0 radical (unpaired) electrons. The van der Waals surface area contributed by atoms with Gasteiger partial charge in [-0.25, -0.2) is 4.79 Å². The van der Waals surface area contributed by atoms with Crippen LogP contribution in [0, 0.1) is 5.92 Å². The Morgan fingerprint density at radius 2 is 2.11 bits per heavy atom. The fourth-order valence-corrected chi connectivity index (χ4v) is 3.48. The van der Waals surface area contributed by atoms with E-state index in [1.807, 2.05) is 0 Å². The first-order chi connectivity index (χ1) is 13.1. The maximum atomic E-state index is 12.8. The van der Waals surface area contributed by atoms with E-state index in [4.69, 9.17) is 5.73 Å². The lowest BCUT2D eigenvalue weighted by Gasteiger charge is -2.34. The monoisotopic (exact) mass is 400 g/mol. The molecular weight excluding hydrogens is 373 g/mol. The first kappa shape index (κ1) is 22.0. The molecule has 3 N–H and O–H groups in total. The predicted molar refractivity (Wildman–Crippen MR) is 99.5 cm³/mol. The molecule has 0 spiro atoms. The molecule has 1 aromatic carbocycles. The van der Waals surface area contributed by atoms with Crippen molar-refractivity contribution in [3.63, 3.8) is 0 Å². The zero-order valence-corrected chi connectivity index (χ0v) is 16.0. The third-order valence-electron chi connectivity index (χ3n) is 4.95. The van der Waals surface area contributed by atoms with Crippen LogP contribution in [0.25, 0.3) is 0 Å². The first-order valence-electron chi connectivity index (χ1n) is 9.31. The quantitative estimate of drug-likeness (QED) is 0.736. The van der Waals surface area contributed by atoms with Gasteiger partial charge in [0.25, 0.3) is 0 Å². The SMILES string of the molecule is CN(C[C@@H]1CCCN(CCc2cccc(C(F)(F)F)c2)C1)C(=O)CNC(N)=O. The van der Waals surface area contributed by atoms with E-state index in [1.165, 1.54) is 12.1 Å². The number of halogens is 3. The number of nitrogens with one attached hydrogen (secondary N) is 1. The summed E-state index contributed by atoms with van der Waals surface area (Å²) >= 11 is 0. The summed E-state index contributed by atoms with van der Waals surface area (Å²) in [6.07, 6.45) is -1.81. The zero-order valence-electron chi connectivity index (χ0n) is 16.0. The summed E-state index contributed by atoms with van der Waals surface area (Å²) in [6, 6.07) is 4.72. The van der Waals surface area contributed by atoms with Crippen molar-refractivity contribution in [2.24, 2.45) is 11.7 Å². The van der Waals surface area contributed by atoms with Crippen LogP contribution in [0.4, 0.5) is 18.0 Å². The fourth-order valence-electron chi connectivity index (χ4n) is 3.48. The molecule has 1 saturated heterocycles. The number of nitrogens with zero attached hydrogens (tertiary/aromatic N) is 2. The molecule has 1 atom stereocenters. The number of piperidine rings is 1. The van der Waals surface area contributed by atoms with Gasteiger partial charge in [-0.3, -0.25) is 4.79 Å². The number of amides is 3. The number of primary amides is 1. The molecule has 1 aromatic rings. The maximum absolute atomic E-state index is 12.8. The topological polar surface area (TPSA) is 78.7 Å². The highest BCUT2D eigenvalue weighted by atomic mass is 19.4. The van der Waals surface area contributed by atoms with Crippen LogP contribution in [-0.2, 0) is 17.4 Å². The summed E-state index contributed by atoms with van der Waals surface area (Å²) in [4.78, 5) is 26.5. The maximum Gasteiger partial charge on any atom is 0.416 e. The molecule has 28 heavy (non-hydrogen) atoms. The summed E-state index contributed by atoms with van der Waals surface area (Å²) in [5.74, 6) is 0.0812. The highest BCUT2D eigenvalue weighted by Gasteiger charge is 2.30. The zero-order chi connectivity index (χ0) is 20.7. The molecule has 1 aliphatic heterocycles. The Morgan fingerprint density at radius 1 is 1.36 bits per heavy atom. The van der Waals surface area contributed by atoms with Gasteiger partial charge in [0, 0.05) is 26.7 Å². The molecule has 0 aromatic heterocycles. The molecule has 156 valence electrons. The number of hydrogen-bond donors (Lipinski definition) is 2. The van der Waals surface area contributed by atoms with Crippen LogP contribution in [0.1, 0.15) is 24.0 Å². The van der Waals surface area contributed by atoms with Crippen LogP contribution >= 0.6 is 0 Å². The molecule has 0 saturated carbocycles. The van der Waals surface area contributed by atoms with Crippen molar-refractivity contribution >= 4 is 11.9 Å². The van der Waals surface area contributed by atoms with Crippen molar-refractivity contribution < 1.29 is 22.8 Å². The molecule has 1 heterocycles. The third-order valence-corrected chi connectivity index (χ3v) is 4.95. The number of likely N-dealkylation sites (N-methyl/N-ethyl adjacent to an activating group) is 1. The van der Waals surface area contributed by atoms with E-state index < -0.39 is 17.8 Å². The number of carbonyl (C=O) groups excluding carboxylic acids is 2. The second-order valence-corrected chi connectivity index (χ2v) is 7.25. The van der Waals surface area contributed by atoms with Gasteiger partial charge in [-0.2, -0.15) is 13.2 Å². The Balaban J connectivity index is 1.82. The van der Waals surface area contributed by atoms with Crippen molar-refractivity contribution in [3.8, 4) is 0 Å². The van der Waals surface area contributed by atoms with Crippen molar-refractivity contribution in [1.29, 1.82) is 0 Å². The van der Waals surface area contributed by atoms with Crippen LogP contribution in [0.2, 0.25) is 0 Å². The number of urea groups is 1. The number of rotatable bonds is 7. The van der Waals surface area contributed by atoms with Gasteiger partial charge < -0.3 is 20.9 Å². The molecule has 0 unspecified atom stereocenters. The molecule has 0 aliphatic carbocycles. The Hall–Kier alpha value is -2.29. The molecule has 1 fully saturated rings. The Morgan fingerprint density at radius 3 is 2.79 bits per heavy atom. The summed E-state index contributed by atoms with van der Waals surface area (Å²) in [5.41, 5.74) is 5.02. The van der Waals surface area contributed by atoms with Crippen LogP contribution < -0.4 is 11.1 Å². The standard InChI is InChI=1S/C19H27F3N4O2/c1-25(17(27)11-24-18(23)28)12-15-5-3-8-26(13-15)9-7-14-4-2-6-16(10-14)19(20,21)22/h2,4,6,10,15H,3,5,7-9,11-13H2,1H3,(H3,23,24,28)/t15-/m0/s1. The van der Waals surface area contributed by atoms with Crippen molar-refractivity contribution in [2.45, 2.75) is 25.4 Å². The van der Waals surface area contributed by atoms with Gasteiger partial charge in [-0.1, -0.05) is 18.2 Å². The minimum atomic E-state index is -4.33. The summed E-state index contributed by atoms with van der Waals surface area (Å²) in [5, 5.41) is 2.28. The third kappa shape index (κ3) is 7.03. The number of likely N-dealkylation sites (tertiary alicyclic amines) is 1. The van der Waals surface area contributed by atoms with E-state index in [2.05, 4.69) is 10.2 Å². The summed E-state index contributed by atoms with van der Waals surface area (Å²) in [7, 11) is 1.69. The second-order valence-electron chi connectivity index (χ2n) is 7.25. The fraction of sp³-hybridized carbons (Fsp3) is 0.579. The number of hydrogen-bond acceptors (Lipinski definition) is 3. The van der Waals surface area contributed by atoms with Gasteiger partial charge in [0.2, 0.25) is 5.91 Å². The van der Waals surface area contributed by atoms with Gasteiger partial charge in [0.05, 0.1) is 12.1 Å². The van der Waals surface area contributed by atoms with Crippen molar-refractivity contribution in [1.82, 2.24) is 15.1 Å². The second kappa shape index (κ2) is 9.77. The van der Waals surface area contributed by atoms with Crippen LogP contribution in [0.15, 0.2) is 24.3 Å².